The first-order valence-corrected chi connectivity index (χ1v) is 7.12. The van der Waals surface area contributed by atoms with Gasteiger partial charge < -0.3 is 16.0 Å². The largest absolute Gasteiger partial charge is 0.385 e. The van der Waals surface area contributed by atoms with Gasteiger partial charge in [0.05, 0.1) is 6.54 Å². The van der Waals surface area contributed by atoms with Crippen LogP contribution in [0.4, 0.5) is 5.69 Å². The summed E-state index contributed by atoms with van der Waals surface area (Å²) in [5.74, 6) is -0.357. The van der Waals surface area contributed by atoms with Crippen molar-refractivity contribution in [1.29, 1.82) is 0 Å². The van der Waals surface area contributed by atoms with Gasteiger partial charge in [0.2, 0.25) is 5.91 Å². The van der Waals surface area contributed by atoms with Crippen LogP contribution in [0.25, 0.3) is 0 Å². The second-order valence-corrected chi connectivity index (χ2v) is 4.93. The van der Waals surface area contributed by atoms with E-state index in [1.807, 2.05) is 19.1 Å². The van der Waals surface area contributed by atoms with Crippen molar-refractivity contribution in [3.8, 4) is 0 Å². The highest BCUT2D eigenvalue weighted by Gasteiger charge is 2.13. The molecule has 20 heavy (non-hydrogen) atoms. The summed E-state index contributed by atoms with van der Waals surface area (Å²) in [6.07, 6.45) is 2.95. The first-order valence-electron chi connectivity index (χ1n) is 7.12. The molecular weight excluding hydrogens is 254 g/mol. The number of benzene rings is 1. The highest BCUT2D eigenvalue weighted by Crippen LogP contribution is 2.22. The zero-order valence-corrected chi connectivity index (χ0v) is 11.8. The van der Waals surface area contributed by atoms with Crippen LogP contribution < -0.4 is 16.0 Å². The number of hydrogen-bond acceptors (Lipinski definition) is 3. The lowest BCUT2D eigenvalue weighted by Crippen LogP contribution is -2.37. The molecule has 0 bridgehead atoms. The van der Waals surface area contributed by atoms with Gasteiger partial charge in [0.15, 0.2) is 0 Å². The summed E-state index contributed by atoms with van der Waals surface area (Å²) in [4.78, 5) is 23.4. The molecule has 0 atom stereocenters. The third-order valence-corrected chi connectivity index (χ3v) is 3.29. The molecule has 5 nitrogen and oxygen atoms in total. The molecule has 0 saturated carbocycles. The van der Waals surface area contributed by atoms with E-state index in [2.05, 4.69) is 16.0 Å². The van der Waals surface area contributed by atoms with Gasteiger partial charge in [0, 0.05) is 24.3 Å². The number of fused-ring (bicyclic) bond motifs is 1. The van der Waals surface area contributed by atoms with Crippen molar-refractivity contribution in [1.82, 2.24) is 10.6 Å². The van der Waals surface area contributed by atoms with Gasteiger partial charge in [0.25, 0.3) is 5.91 Å². The molecule has 1 heterocycles. The summed E-state index contributed by atoms with van der Waals surface area (Å²) in [6.45, 7) is 3.63. The van der Waals surface area contributed by atoms with Crippen LogP contribution >= 0.6 is 0 Å². The third-order valence-electron chi connectivity index (χ3n) is 3.29. The van der Waals surface area contributed by atoms with E-state index < -0.39 is 0 Å². The van der Waals surface area contributed by atoms with Crippen molar-refractivity contribution >= 4 is 17.5 Å². The van der Waals surface area contributed by atoms with Crippen molar-refractivity contribution in [3.05, 3.63) is 29.3 Å². The van der Waals surface area contributed by atoms with E-state index in [9.17, 15) is 9.59 Å². The molecule has 5 heteroatoms. The molecule has 0 unspecified atom stereocenters. The molecule has 1 aliphatic heterocycles. The molecule has 0 aromatic heterocycles. The van der Waals surface area contributed by atoms with E-state index in [-0.39, 0.29) is 18.4 Å². The van der Waals surface area contributed by atoms with Crippen LogP contribution in [-0.4, -0.2) is 31.4 Å². The number of anilines is 1. The Balaban J connectivity index is 1.91. The number of aryl methyl sites for hydroxylation is 1. The Hall–Kier alpha value is -2.04. The van der Waals surface area contributed by atoms with Crippen LogP contribution in [-0.2, 0) is 11.2 Å². The Bertz CT molecular complexity index is 500. The SMILES string of the molecule is CCCNC(=O)CNC(=O)c1ccc2c(c1)CCCN2. The van der Waals surface area contributed by atoms with Gasteiger partial charge in [-0.2, -0.15) is 0 Å². The first kappa shape index (κ1) is 14.4. The molecule has 3 N–H and O–H groups in total. The summed E-state index contributed by atoms with van der Waals surface area (Å²) in [7, 11) is 0. The standard InChI is InChI=1S/C15H21N3O2/c1-2-7-17-14(19)10-18-15(20)12-5-6-13-11(9-12)4-3-8-16-13/h5-6,9,16H,2-4,7-8,10H2,1H3,(H,17,19)(H,18,20). The highest BCUT2D eigenvalue weighted by molar-refractivity contribution is 5.97. The Morgan fingerprint density at radius 2 is 2.15 bits per heavy atom. The average Bonchev–Trinajstić information content (AvgIpc) is 2.50. The van der Waals surface area contributed by atoms with Gasteiger partial charge in [0.1, 0.15) is 0 Å². The van der Waals surface area contributed by atoms with Gasteiger partial charge in [-0.3, -0.25) is 9.59 Å². The Morgan fingerprint density at radius 3 is 2.95 bits per heavy atom. The van der Waals surface area contributed by atoms with Crippen LogP contribution in [0.15, 0.2) is 18.2 Å². The molecule has 108 valence electrons. The molecular formula is C15H21N3O2. The van der Waals surface area contributed by atoms with Gasteiger partial charge >= 0.3 is 0 Å². The summed E-state index contributed by atoms with van der Waals surface area (Å²) >= 11 is 0. The van der Waals surface area contributed by atoms with Crippen LogP contribution in [0.3, 0.4) is 0 Å². The maximum Gasteiger partial charge on any atom is 0.251 e. The van der Waals surface area contributed by atoms with Crippen LogP contribution in [0.2, 0.25) is 0 Å². The lowest BCUT2D eigenvalue weighted by atomic mass is 10.0. The van der Waals surface area contributed by atoms with Gasteiger partial charge in [-0.05, 0) is 43.0 Å². The summed E-state index contributed by atoms with van der Waals surface area (Å²) < 4.78 is 0. The lowest BCUT2D eigenvalue weighted by Gasteiger charge is -2.18. The topological polar surface area (TPSA) is 70.2 Å². The van der Waals surface area contributed by atoms with Gasteiger partial charge in [-0.1, -0.05) is 6.92 Å². The number of nitrogens with one attached hydrogen (secondary N) is 3. The third kappa shape index (κ3) is 3.73. The normalized spacial score (nSPS) is 13.1. The molecule has 2 amide bonds. The zero-order chi connectivity index (χ0) is 14.4. The molecule has 0 saturated heterocycles. The van der Waals surface area contributed by atoms with E-state index in [0.29, 0.717) is 12.1 Å². The Morgan fingerprint density at radius 1 is 1.30 bits per heavy atom. The van der Waals surface area contributed by atoms with E-state index >= 15 is 0 Å². The zero-order valence-electron chi connectivity index (χ0n) is 11.8. The van der Waals surface area contributed by atoms with Crippen molar-refractivity contribution < 1.29 is 9.59 Å². The van der Waals surface area contributed by atoms with Crippen molar-refractivity contribution in [2.45, 2.75) is 26.2 Å². The molecule has 0 spiro atoms. The minimum absolute atomic E-state index is 0.0220. The van der Waals surface area contributed by atoms with Crippen LogP contribution in [0.1, 0.15) is 35.7 Å². The predicted octanol–water partition coefficient (Wildman–Crippen LogP) is 1.30. The molecule has 1 aliphatic rings. The molecule has 1 aromatic rings. The van der Waals surface area contributed by atoms with Crippen molar-refractivity contribution in [2.24, 2.45) is 0 Å². The maximum atomic E-state index is 12.0. The molecule has 0 aliphatic carbocycles. The molecule has 0 fully saturated rings. The van der Waals surface area contributed by atoms with Crippen LogP contribution in [0, 0.1) is 0 Å². The number of hydrogen-bond donors (Lipinski definition) is 3. The van der Waals surface area contributed by atoms with E-state index in [1.54, 1.807) is 6.07 Å². The van der Waals surface area contributed by atoms with Crippen molar-refractivity contribution in [2.75, 3.05) is 25.0 Å². The minimum atomic E-state index is -0.204. The molecule has 0 radical (unpaired) electrons. The van der Waals surface area contributed by atoms with E-state index in [0.717, 1.165) is 31.5 Å². The van der Waals surface area contributed by atoms with Gasteiger partial charge in [-0.15, -0.1) is 0 Å². The number of carbonyl (C=O) groups is 2. The fourth-order valence-electron chi connectivity index (χ4n) is 2.21. The predicted molar refractivity (Wildman–Crippen MR) is 78.9 cm³/mol. The second-order valence-electron chi connectivity index (χ2n) is 4.93. The number of amides is 2. The maximum absolute atomic E-state index is 12.0. The fraction of sp³-hybridized carbons (Fsp3) is 0.467. The van der Waals surface area contributed by atoms with Gasteiger partial charge in [-0.25, -0.2) is 0 Å². The first-order chi connectivity index (χ1) is 9.70. The summed E-state index contributed by atoms with van der Waals surface area (Å²) in [6, 6.07) is 5.62. The Labute approximate surface area is 119 Å². The van der Waals surface area contributed by atoms with Crippen molar-refractivity contribution in [3.63, 3.8) is 0 Å². The highest BCUT2D eigenvalue weighted by atomic mass is 16.2. The second kappa shape index (κ2) is 6.93. The Kier molecular flexibility index (Phi) is 4.98. The number of carbonyl (C=O) groups excluding carboxylic acids is 2. The van der Waals surface area contributed by atoms with Crippen LogP contribution in [0.5, 0.6) is 0 Å². The summed E-state index contributed by atoms with van der Waals surface area (Å²) in [5.41, 5.74) is 2.88. The van der Waals surface area contributed by atoms with E-state index in [4.69, 9.17) is 0 Å². The monoisotopic (exact) mass is 275 g/mol. The fourth-order valence-corrected chi connectivity index (χ4v) is 2.21. The average molecular weight is 275 g/mol. The summed E-state index contributed by atoms with van der Waals surface area (Å²) in [5, 5.41) is 8.67. The smallest absolute Gasteiger partial charge is 0.251 e. The molecule has 2 rings (SSSR count). The quantitative estimate of drug-likeness (QED) is 0.758. The van der Waals surface area contributed by atoms with E-state index in [1.165, 1.54) is 5.56 Å². The number of rotatable bonds is 5. The minimum Gasteiger partial charge on any atom is -0.385 e. The lowest BCUT2D eigenvalue weighted by molar-refractivity contribution is -0.120. The molecule has 1 aromatic carbocycles.